The number of aromatic nitrogens is 4. The van der Waals surface area contributed by atoms with E-state index >= 15 is 0 Å². The highest BCUT2D eigenvalue weighted by Crippen LogP contribution is 2.40. The molecular formula is C21H20F3N5O2. The van der Waals surface area contributed by atoms with Gasteiger partial charge in [0.25, 0.3) is 5.91 Å². The Labute approximate surface area is 175 Å². The Bertz CT molecular complexity index is 1150. The summed E-state index contributed by atoms with van der Waals surface area (Å²) in [5.41, 5.74) is 1.78. The van der Waals surface area contributed by atoms with Gasteiger partial charge in [0.05, 0.1) is 11.4 Å². The van der Waals surface area contributed by atoms with Crippen LogP contribution < -0.4 is 10.1 Å². The van der Waals surface area contributed by atoms with Gasteiger partial charge in [-0.15, -0.1) is 0 Å². The number of aryl methyl sites for hydroxylation is 1. The number of amides is 1. The summed E-state index contributed by atoms with van der Waals surface area (Å²) in [6.45, 7) is 1.80. The van der Waals surface area contributed by atoms with E-state index in [0.29, 0.717) is 30.1 Å². The van der Waals surface area contributed by atoms with Gasteiger partial charge in [-0.05, 0) is 50.7 Å². The summed E-state index contributed by atoms with van der Waals surface area (Å²) in [7, 11) is 0. The molecule has 0 radical (unpaired) electrons. The summed E-state index contributed by atoms with van der Waals surface area (Å²) in [5.74, 6) is -0.982. The molecule has 3 heterocycles. The number of fused-ring (bicyclic) bond motifs is 1. The maximum atomic E-state index is 13.3. The van der Waals surface area contributed by atoms with Crippen LogP contribution in [-0.2, 0) is 0 Å². The molecule has 3 aromatic rings. The third-order valence-corrected chi connectivity index (χ3v) is 5.44. The number of halogens is 3. The van der Waals surface area contributed by atoms with E-state index in [4.69, 9.17) is 4.74 Å². The lowest BCUT2D eigenvalue weighted by Gasteiger charge is -2.20. The van der Waals surface area contributed by atoms with Crippen LogP contribution in [0.2, 0.25) is 0 Å². The van der Waals surface area contributed by atoms with Crippen molar-refractivity contribution in [1.82, 2.24) is 24.7 Å². The highest BCUT2D eigenvalue weighted by Gasteiger charge is 2.50. The second-order valence-corrected chi connectivity index (χ2v) is 8.08. The number of nitrogens with zero attached hydrogens (tertiary/aromatic N) is 4. The zero-order valence-corrected chi connectivity index (χ0v) is 16.7. The number of nitrogens with one attached hydrogen (secondary N) is 1. The fourth-order valence-corrected chi connectivity index (χ4v) is 3.50. The van der Waals surface area contributed by atoms with E-state index in [1.54, 1.807) is 35.6 Å². The molecule has 5 rings (SSSR count). The molecule has 1 unspecified atom stereocenters. The maximum absolute atomic E-state index is 13.3. The molecule has 162 valence electrons. The average Bonchev–Trinajstić information content (AvgIpc) is 3.64. The average molecular weight is 431 g/mol. The monoisotopic (exact) mass is 431 g/mol. The maximum Gasteiger partial charge on any atom is 0.408 e. The summed E-state index contributed by atoms with van der Waals surface area (Å²) >= 11 is 0. The molecule has 10 heteroatoms. The van der Waals surface area contributed by atoms with Gasteiger partial charge in [0, 0.05) is 11.8 Å². The Hall–Kier alpha value is -3.17. The first-order valence-corrected chi connectivity index (χ1v) is 10.2. The highest BCUT2D eigenvalue weighted by molar-refractivity contribution is 5.98. The summed E-state index contributed by atoms with van der Waals surface area (Å²) in [5, 5.41) is 2.11. The van der Waals surface area contributed by atoms with Gasteiger partial charge in [-0.1, -0.05) is 6.07 Å². The lowest BCUT2D eigenvalue weighted by atomic mass is 10.1. The van der Waals surface area contributed by atoms with Crippen LogP contribution in [0.3, 0.4) is 0 Å². The third kappa shape index (κ3) is 4.06. The number of pyridine rings is 1. The molecule has 1 amide bonds. The van der Waals surface area contributed by atoms with E-state index in [9.17, 15) is 18.0 Å². The number of hydrogen-bond donors (Lipinski definition) is 1. The molecule has 1 N–H and O–H groups in total. The second-order valence-electron chi connectivity index (χ2n) is 8.08. The Balaban J connectivity index is 1.48. The molecule has 2 aliphatic rings. The Morgan fingerprint density at radius 2 is 1.97 bits per heavy atom. The van der Waals surface area contributed by atoms with Crippen LogP contribution in [0.15, 0.2) is 30.6 Å². The van der Waals surface area contributed by atoms with Crippen LogP contribution in [0.4, 0.5) is 13.2 Å². The van der Waals surface area contributed by atoms with Gasteiger partial charge < -0.3 is 10.1 Å². The quantitative estimate of drug-likeness (QED) is 0.644. The van der Waals surface area contributed by atoms with E-state index in [0.717, 1.165) is 18.5 Å². The van der Waals surface area contributed by atoms with Gasteiger partial charge in [0.15, 0.2) is 11.3 Å². The molecule has 0 aromatic carbocycles. The summed E-state index contributed by atoms with van der Waals surface area (Å²) in [4.78, 5) is 25.7. The molecule has 2 saturated carbocycles. The number of alkyl halides is 3. The first kappa shape index (κ1) is 19.8. The minimum atomic E-state index is -4.51. The van der Waals surface area contributed by atoms with Crippen LogP contribution in [-0.4, -0.2) is 43.6 Å². The van der Waals surface area contributed by atoms with Gasteiger partial charge in [-0.2, -0.15) is 13.2 Å². The van der Waals surface area contributed by atoms with Crippen LogP contribution in [0, 0.1) is 12.8 Å². The van der Waals surface area contributed by atoms with Crippen molar-refractivity contribution in [2.45, 2.75) is 50.9 Å². The topological polar surface area (TPSA) is 81.4 Å². The van der Waals surface area contributed by atoms with E-state index < -0.39 is 24.0 Å². The van der Waals surface area contributed by atoms with E-state index in [1.165, 1.54) is 6.33 Å². The standard InChI is InChI=1S/C21H20F3N5O2/c1-11-9-15(14-3-2-4-16(26-14)31-13-7-8-13)27-19-17(25-10-29(11)19)20(30)28-18(12-5-6-12)21(22,23)24/h2-4,9-10,12-13,18H,5-8H2,1H3,(H,28,30). The molecule has 2 fully saturated rings. The van der Waals surface area contributed by atoms with Crippen molar-refractivity contribution in [1.29, 1.82) is 0 Å². The molecule has 0 saturated heterocycles. The molecule has 3 aromatic heterocycles. The van der Waals surface area contributed by atoms with Crippen molar-refractivity contribution in [2.75, 3.05) is 0 Å². The number of imidazole rings is 1. The van der Waals surface area contributed by atoms with Crippen molar-refractivity contribution in [3.63, 3.8) is 0 Å². The summed E-state index contributed by atoms with van der Waals surface area (Å²) in [6, 6.07) is 5.23. The fraction of sp³-hybridized carbons (Fsp3) is 0.429. The van der Waals surface area contributed by atoms with Crippen LogP contribution in [0.1, 0.15) is 41.9 Å². The Kier molecular flexibility index (Phi) is 4.60. The predicted molar refractivity (Wildman–Crippen MR) is 105 cm³/mol. The molecule has 1 atom stereocenters. The van der Waals surface area contributed by atoms with Crippen molar-refractivity contribution in [3.8, 4) is 17.3 Å². The van der Waals surface area contributed by atoms with Gasteiger partial charge in [-0.3, -0.25) is 9.20 Å². The van der Waals surface area contributed by atoms with E-state index in [1.807, 2.05) is 0 Å². The van der Waals surface area contributed by atoms with Crippen molar-refractivity contribution in [3.05, 3.63) is 42.0 Å². The Morgan fingerprint density at radius 3 is 2.65 bits per heavy atom. The summed E-state index contributed by atoms with van der Waals surface area (Å²) < 4.78 is 47.3. The van der Waals surface area contributed by atoms with Crippen molar-refractivity contribution >= 4 is 11.6 Å². The first-order chi connectivity index (χ1) is 14.8. The lowest BCUT2D eigenvalue weighted by Crippen LogP contribution is -2.47. The van der Waals surface area contributed by atoms with E-state index in [-0.39, 0.29) is 17.4 Å². The van der Waals surface area contributed by atoms with Crippen LogP contribution in [0.25, 0.3) is 17.0 Å². The molecule has 0 aliphatic heterocycles. The molecular weight excluding hydrogens is 411 g/mol. The predicted octanol–water partition coefficient (Wildman–Crippen LogP) is 3.71. The van der Waals surface area contributed by atoms with E-state index in [2.05, 4.69) is 20.3 Å². The van der Waals surface area contributed by atoms with Crippen LogP contribution >= 0.6 is 0 Å². The largest absolute Gasteiger partial charge is 0.474 e. The second kappa shape index (κ2) is 7.21. The first-order valence-electron chi connectivity index (χ1n) is 10.2. The number of rotatable bonds is 6. The molecule has 0 bridgehead atoms. The van der Waals surface area contributed by atoms with Gasteiger partial charge >= 0.3 is 6.18 Å². The molecule has 7 nitrogen and oxygen atoms in total. The normalized spacial score (nSPS) is 17.5. The molecule has 2 aliphatic carbocycles. The third-order valence-electron chi connectivity index (χ3n) is 5.44. The van der Waals surface area contributed by atoms with Gasteiger partial charge in [0.2, 0.25) is 5.88 Å². The number of hydrogen-bond acceptors (Lipinski definition) is 5. The van der Waals surface area contributed by atoms with Crippen molar-refractivity contribution in [2.24, 2.45) is 5.92 Å². The smallest absolute Gasteiger partial charge is 0.408 e. The minimum Gasteiger partial charge on any atom is -0.474 e. The fourth-order valence-electron chi connectivity index (χ4n) is 3.50. The highest BCUT2D eigenvalue weighted by atomic mass is 19.4. The molecule has 31 heavy (non-hydrogen) atoms. The zero-order valence-electron chi connectivity index (χ0n) is 16.7. The number of carbonyl (C=O) groups is 1. The van der Waals surface area contributed by atoms with Crippen molar-refractivity contribution < 1.29 is 22.7 Å². The number of ether oxygens (including phenoxy) is 1. The van der Waals surface area contributed by atoms with Gasteiger partial charge in [-0.25, -0.2) is 15.0 Å². The summed E-state index contributed by atoms with van der Waals surface area (Å²) in [6.07, 6.45) is -0.0323. The number of carbonyl (C=O) groups excluding carboxylic acids is 1. The van der Waals surface area contributed by atoms with Gasteiger partial charge in [0.1, 0.15) is 18.5 Å². The van der Waals surface area contributed by atoms with Crippen LogP contribution in [0.5, 0.6) is 5.88 Å². The lowest BCUT2D eigenvalue weighted by molar-refractivity contribution is -0.158. The SMILES string of the molecule is Cc1cc(-c2cccc(OC3CC3)n2)nc2c(C(=O)NC(C3CC3)C(F)(F)F)ncn12. The Morgan fingerprint density at radius 1 is 1.19 bits per heavy atom. The zero-order chi connectivity index (χ0) is 21.8. The minimum absolute atomic E-state index is 0.148. The molecule has 0 spiro atoms.